The van der Waals surface area contributed by atoms with Crippen molar-refractivity contribution in [1.29, 1.82) is 0 Å². The minimum absolute atomic E-state index is 1.08. The Labute approximate surface area is 324 Å². The zero-order valence-corrected chi connectivity index (χ0v) is 30.5. The third-order valence-electron chi connectivity index (χ3n) is 10.3. The van der Waals surface area contributed by atoms with E-state index in [9.17, 15) is 0 Å². The summed E-state index contributed by atoms with van der Waals surface area (Å²) in [4.78, 5) is 2.42. The van der Waals surface area contributed by atoms with Gasteiger partial charge in [0.25, 0.3) is 0 Å². The van der Waals surface area contributed by atoms with Crippen LogP contribution in [0.4, 0.5) is 17.1 Å². The number of para-hydroxylation sites is 1. The van der Waals surface area contributed by atoms with Gasteiger partial charge in [-0.3, -0.25) is 0 Å². The quantitative estimate of drug-likeness (QED) is 0.145. The molecule has 9 aromatic rings. The van der Waals surface area contributed by atoms with E-state index in [2.05, 4.69) is 241 Å². The van der Waals surface area contributed by atoms with Gasteiger partial charge in [-0.25, -0.2) is 0 Å². The van der Waals surface area contributed by atoms with Crippen LogP contribution in [0.3, 0.4) is 0 Å². The maximum absolute atomic E-state index is 2.42. The van der Waals surface area contributed by atoms with Crippen LogP contribution in [0.25, 0.3) is 66.8 Å². The van der Waals surface area contributed by atoms with E-state index in [1.54, 1.807) is 0 Å². The van der Waals surface area contributed by atoms with Crippen molar-refractivity contribution in [2.24, 2.45) is 0 Å². The Balaban J connectivity index is 1.24. The molecule has 0 aliphatic heterocycles. The van der Waals surface area contributed by atoms with E-state index in [4.69, 9.17) is 0 Å². The van der Waals surface area contributed by atoms with E-state index in [1.165, 1.54) is 61.2 Å². The van der Waals surface area contributed by atoms with Gasteiger partial charge >= 0.3 is 0 Å². The second kappa shape index (κ2) is 15.4. The van der Waals surface area contributed by atoms with Gasteiger partial charge in [-0.1, -0.05) is 200 Å². The molecule has 0 aromatic heterocycles. The molecule has 0 N–H and O–H groups in total. The molecule has 1 nitrogen and oxygen atoms in total. The lowest BCUT2D eigenvalue weighted by atomic mass is 9.88. The Morgan fingerprint density at radius 2 is 0.582 bits per heavy atom. The molecule has 0 fully saturated rings. The van der Waals surface area contributed by atoms with Crippen LogP contribution in [0.5, 0.6) is 0 Å². The minimum atomic E-state index is 1.08. The molecule has 55 heavy (non-hydrogen) atoms. The summed E-state index contributed by atoms with van der Waals surface area (Å²) in [6, 6.07) is 85.0. The zero-order valence-electron chi connectivity index (χ0n) is 30.5. The van der Waals surface area contributed by atoms with Crippen LogP contribution in [-0.4, -0.2) is 0 Å². The Morgan fingerprint density at radius 1 is 0.218 bits per heavy atom. The summed E-state index contributed by atoms with van der Waals surface area (Å²) in [5.41, 5.74) is 17.6. The molecular formula is C54H39N. The Bertz CT molecular complexity index is 2650. The summed E-state index contributed by atoms with van der Waals surface area (Å²) in [5.74, 6) is 0. The molecule has 0 spiro atoms. The van der Waals surface area contributed by atoms with Crippen molar-refractivity contribution in [3.05, 3.63) is 237 Å². The van der Waals surface area contributed by atoms with Gasteiger partial charge in [0.2, 0.25) is 0 Å². The molecule has 0 aliphatic carbocycles. The molecule has 260 valence electrons. The number of rotatable bonds is 9. The molecule has 0 heterocycles. The molecule has 0 unspecified atom stereocenters. The predicted octanol–water partition coefficient (Wildman–Crippen LogP) is 15.2. The SMILES string of the molecule is c1ccc(-c2cc(-c3ccccc3)c(-c3ccccc3)c(N(c3ccccc3)c3ccc(-c4ccccc4-c4ccccc4-c4ccccc4)cc3)c2)cc1. The largest absolute Gasteiger partial charge is 0.310 e. The zero-order chi connectivity index (χ0) is 36.8. The van der Waals surface area contributed by atoms with Crippen molar-refractivity contribution in [2.45, 2.75) is 0 Å². The summed E-state index contributed by atoms with van der Waals surface area (Å²) in [5, 5.41) is 0. The van der Waals surface area contributed by atoms with Crippen molar-refractivity contribution in [1.82, 2.24) is 0 Å². The Kier molecular flexibility index (Phi) is 9.41. The molecule has 0 saturated heterocycles. The summed E-state index contributed by atoms with van der Waals surface area (Å²) >= 11 is 0. The van der Waals surface area contributed by atoms with Crippen molar-refractivity contribution < 1.29 is 0 Å². The highest BCUT2D eigenvalue weighted by Crippen LogP contribution is 2.48. The van der Waals surface area contributed by atoms with Gasteiger partial charge in [-0.15, -0.1) is 0 Å². The summed E-state index contributed by atoms with van der Waals surface area (Å²) < 4.78 is 0. The normalized spacial score (nSPS) is 10.9. The topological polar surface area (TPSA) is 3.24 Å². The van der Waals surface area contributed by atoms with Gasteiger partial charge in [-0.2, -0.15) is 0 Å². The van der Waals surface area contributed by atoms with Gasteiger partial charge in [0.05, 0.1) is 5.69 Å². The van der Waals surface area contributed by atoms with Gasteiger partial charge in [0.15, 0.2) is 0 Å². The van der Waals surface area contributed by atoms with E-state index in [1.807, 2.05) is 0 Å². The first kappa shape index (κ1) is 33.6. The van der Waals surface area contributed by atoms with Crippen LogP contribution in [0.1, 0.15) is 0 Å². The highest BCUT2D eigenvalue weighted by molar-refractivity contribution is 6.00. The lowest BCUT2D eigenvalue weighted by molar-refractivity contribution is 1.28. The standard InChI is InChI=1S/C54H39N/c1-6-20-40(21-7-1)45-38-52(42-24-10-3-11-25-42)54(44-26-12-4-13-27-44)53(39-45)55(46-28-14-5-15-29-46)47-36-34-43(35-37-47)49-31-17-19-33-51(49)50-32-18-16-30-48(50)41-22-8-2-9-23-41/h1-39H. The fourth-order valence-corrected chi connectivity index (χ4v) is 7.71. The lowest BCUT2D eigenvalue weighted by Gasteiger charge is -2.30. The van der Waals surface area contributed by atoms with E-state index < -0.39 is 0 Å². The van der Waals surface area contributed by atoms with Gasteiger partial charge in [0.1, 0.15) is 0 Å². The highest BCUT2D eigenvalue weighted by Gasteiger charge is 2.23. The number of nitrogens with zero attached hydrogens (tertiary/aromatic N) is 1. The molecule has 0 amide bonds. The van der Waals surface area contributed by atoms with E-state index >= 15 is 0 Å². The fourth-order valence-electron chi connectivity index (χ4n) is 7.71. The first-order valence-corrected chi connectivity index (χ1v) is 18.9. The van der Waals surface area contributed by atoms with Crippen LogP contribution >= 0.6 is 0 Å². The van der Waals surface area contributed by atoms with E-state index in [-0.39, 0.29) is 0 Å². The average molecular weight is 702 g/mol. The minimum Gasteiger partial charge on any atom is -0.310 e. The monoisotopic (exact) mass is 701 g/mol. The molecule has 0 radical (unpaired) electrons. The lowest BCUT2D eigenvalue weighted by Crippen LogP contribution is -2.12. The van der Waals surface area contributed by atoms with Crippen LogP contribution in [0.2, 0.25) is 0 Å². The van der Waals surface area contributed by atoms with Gasteiger partial charge < -0.3 is 4.90 Å². The number of anilines is 3. The van der Waals surface area contributed by atoms with Crippen molar-refractivity contribution in [2.75, 3.05) is 4.90 Å². The molecule has 0 saturated carbocycles. The molecule has 0 aliphatic rings. The van der Waals surface area contributed by atoms with Gasteiger partial charge in [0, 0.05) is 16.9 Å². The molecule has 1 heteroatoms. The third kappa shape index (κ3) is 6.88. The van der Waals surface area contributed by atoms with Crippen LogP contribution in [0, 0.1) is 0 Å². The Hall–Kier alpha value is -7.22. The molecule has 9 aromatic carbocycles. The summed E-state index contributed by atoms with van der Waals surface area (Å²) in [7, 11) is 0. The van der Waals surface area contributed by atoms with Gasteiger partial charge in [-0.05, 0) is 97.6 Å². The highest BCUT2D eigenvalue weighted by atomic mass is 15.1. The fraction of sp³-hybridized carbons (Fsp3) is 0. The number of hydrogen-bond acceptors (Lipinski definition) is 1. The maximum atomic E-state index is 2.42. The van der Waals surface area contributed by atoms with Crippen LogP contribution < -0.4 is 4.90 Å². The number of benzene rings is 9. The molecule has 0 bridgehead atoms. The molecular weight excluding hydrogens is 663 g/mol. The molecule has 9 rings (SSSR count). The van der Waals surface area contributed by atoms with Crippen molar-refractivity contribution >= 4 is 17.1 Å². The first-order valence-electron chi connectivity index (χ1n) is 18.9. The smallest absolute Gasteiger partial charge is 0.0552 e. The second-order valence-electron chi connectivity index (χ2n) is 13.7. The maximum Gasteiger partial charge on any atom is 0.0552 e. The summed E-state index contributed by atoms with van der Waals surface area (Å²) in [6.45, 7) is 0. The van der Waals surface area contributed by atoms with E-state index in [0.717, 1.165) is 22.6 Å². The van der Waals surface area contributed by atoms with E-state index in [0.29, 0.717) is 0 Å². The molecule has 0 atom stereocenters. The average Bonchev–Trinajstić information content (AvgIpc) is 3.28. The third-order valence-corrected chi connectivity index (χ3v) is 10.3. The van der Waals surface area contributed by atoms with Crippen LogP contribution in [-0.2, 0) is 0 Å². The van der Waals surface area contributed by atoms with Crippen molar-refractivity contribution in [3.63, 3.8) is 0 Å². The predicted molar refractivity (Wildman–Crippen MR) is 234 cm³/mol. The summed E-state index contributed by atoms with van der Waals surface area (Å²) in [6.07, 6.45) is 0. The number of hydrogen-bond donors (Lipinski definition) is 0. The first-order chi connectivity index (χ1) is 27.3. The Morgan fingerprint density at radius 3 is 1.09 bits per heavy atom. The van der Waals surface area contributed by atoms with Crippen LogP contribution in [0.15, 0.2) is 237 Å². The van der Waals surface area contributed by atoms with Crippen molar-refractivity contribution in [3.8, 4) is 66.8 Å². The second-order valence-corrected chi connectivity index (χ2v) is 13.7.